The van der Waals surface area contributed by atoms with Crippen LogP contribution in [0.1, 0.15) is 27.6 Å². The van der Waals surface area contributed by atoms with Crippen molar-refractivity contribution in [3.05, 3.63) is 71.8 Å². The number of esters is 1. The molecule has 30 heavy (non-hydrogen) atoms. The molecule has 0 unspecified atom stereocenters. The number of benzene rings is 3. The molecule has 6 nitrogen and oxygen atoms in total. The Kier molecular flexibility index (Phi) is 7.17. The zero-order valence-electron chi connectivity index (χ0n) is 16.9. The SMILES string of the molecule is CCOC(=O)c1ccc(-c2cccc3cc(C(=O)N(CCO)CCO)ccc23)cc1. The van der Waals surface area contributed by atoms with Gasteiger partial charge in [-0.15, -0.1) is 0 Å². The van der Waals surface area contributed by atoms with Crippen molar-refractivity contribution in [2.24, 2.45) is 0 Å². The molecule has 0 saturated carbocycles. The molecule has 3 aromatic rings. The van der Waals surface area contributed by atoms with Crippen molar-refractivity contribution in [3.8, 4) is 11.1 Å². The van der Waals surface area contributed by atoms with Crippen LogP contribution in [0.5, 0.6) is 0 Å². The lowest BCUT2D eigenvalue weighted by Crippen LogP contribution is -2.35. The van der Waals surface area contributed by atoms with Crippen molar-refractivity contribution in [1.82, 2.24) is 4.90 Å². The highest BCUT2D eigenvalue weighted by Crippen LogP contribution is 2.30. The van der Waals surface area contributed by atoms with Crippen LogP contribution >= 0.6 is 0 Å². The third kappa shape index (κ3) is 4.67. The van der Waals surface area contributed by atoms with Gasteiger partial charge in [0.05, 0.1) is 25.4 Å². The Balaban J connectivity index is 1.93. The summed E-state index contributed by atoms with van der Waals surface area (Å²) in [5, 5.41) is 20.2. The van der Waals surface area contributed by atoms with E-state index in [0.29, 0.717) is 17.7 Å². The van der Waals surface area contributed by atoms with Crippen LogP contribution in [-0.2, 0) is 4.74 Å². The van der Waals surface area contributed by atoms with Gasteiger partial charge < -0.3 is 19.8 Å². The molecule has 0 aliphatic heterocycles. The summed E-state index contributed by atoms with van der Waals surface area (Å²) in [6, 6.07) is 18.6. The Morgan fingerprint density at radius 2 is 1.57 bits per heavy atom. The van der Waals surface area contributed by atoms with E-state index >= 15 is 0 Å². The maximum atomic E-state index is 12.7. The number of hydrogen-bond donors (Lipinski definition) is 2. The van der Waals surface area contributed by atoms with Crippen LogP contribution in [0, 0.1) is 0 Å². The molecular weight excluding hydrogens is 382 g/mol. The van der Waals surface area contributed by atoms with Crippen LogP contribution in [0.3, 0.4) is 0 Å². The maximum Gasteiger partial charge on any atom is 0.338 e. The van der Waals surface area contributed by atoms with E-state index in [9.17, 15) is 19.8 Å². The molecule has 0 fully saturated rings. The van der Waals surface area contributed by atoms with E-state index in [1.54, 1.807) is 25.1 Å². The monoisotopic (exact) mass is 407 g/mol. The lowest BCUT2D eigenvalue weighted by Gasteiger charge is -2.21. The molecule has 2 N–H and O–H groups in total. The number of amides is 1. The number of ether oxygens (including phenoxy) is 1. The van der Waals surface area contributed by atoms with E-state index in [2.05, 4.69) is 0 Å². The van der Waals surface area contributed by atoms with E-state index in [4.69, 9.17) is 4.74 Å². The van der Waals surface area contributed by atoms with Crippen LogP contribution < -0.4 is 0 Å². The third-order valence-electron chi connectivity index (χ3n) is 4.86. The smallest absolute Gasteiger partial charge is 0.338 e. The number of carbonyl (C=O) groups is 2. The Bertz CT molecular complexity index is 1020. The fourth-order valence-electron chi connectivity index (χ4n) is 3.41. The molecule has 0 radical (unpaired) electrons. The first-order valence-electron chi connectivity index (χ1n) is 9.90. The van der Waals surface area contributed by atoms with E-state index in [1.807, 2.05) is 42.5 Å². The average Bonchev–Trinajstić information content (AvgIpc) is 2.78. The van der Waals surface area contributed by atoms with Gasteiger partial charge in [0.1, 0.15) is 0 Å². The van der Waals surface area contributed by atoms with Crippen molar-refractivity contribution in [3.63, 3.8) is 0 Å². The molecule has 3 aromatic carbocycles. The summed E-state index contributed by atoms with van der Waals surface area (Å²) in [4.78, 5) is 26.0. The van der Waals surface area contributed by atoms with Gasteiger partial charge in [-0.1, -0.05) is 36.4 Å². The van der Waals surface area contributed by atoms with Crippen molar-refractivity contribution >= 4 is 22.6 Å². The summed E-state index contributed by atoms with van der Waals surface area (Å²) in [7, 11) is 0. The Hall–Kier alpha value is -3.22. The molecule has 0 aliphatic carbocycles. The van der Waals surface area contributed by atoms with Gasteiger partial charge >= 0.3 is 5.97 Å². The number of carbonyl (C=O) groups excluding carboxylic acids is 2. The Morgan fingerprint density at radius 3 is 2.20 bits per heavy atom. The van der Waals surface area contributed by atoms with Crippen LogP contribution in [0.4, 0.5) is 0 Å². The van der Waals surface area contributed by atoms with Gasteiger partial charge in [-0.05, 0) is 53.1 Å². The molecule has 156 valence electrons. The highest BCUT2D eigenvalue weighted by molar-refractivity contribution is 6.03. The first kappa shape index (κ1) is 21.5. The highest BCUT2D eigenvalue weighted by Gasteiger charge is 2.16. The van der Waals surface area contributed by atoms with E-state index < -0.39 is 0 Å². The minimum absolute atomic E-state index is 0.161. The minimum atomic E-state index is -0.347. The lowest BCUT2D eigenvalue weighted by molar-refractivity contribution is 0.0526. The second-order valence-electron chi connectivity index (χ2n) is 6.78. The molecular formula is C24H25NO5. The second kappa shape index (κ2) is 10.0. The van der Waals surface area contributed by atoms with E-state index in [0.717, 1.165) is 21.9 Å². The highest BCUT2D eigenvalue weighted by atomic mass is 16.5. The van der Waals surface area contributed by atoms with Gasteiger partial charge in [0, 0.05) is 18.7 Å². The summed E-state index contributed by atoms with van der Waals surface area (Å²) in [5.74, 6) is -0.579. The van der Waals surface area contributed by atoms with Gasteiger partial charge in [-0.25, -0.2) is 4.79 Å². The number of hydrogen-bond acceptors (Lipinski definition) is 5. The molecule has 0 aromatic heterocycles. The zero-order valence-corrected chi connectivity index (χ0v) is 16.9. The average molecular weight is 407 g/mol. The quantitative estimate of drug-likeness (QED) is 0.561. The minimum Gasteiger partial charge on any atom is -0.462 e. The third-order valence-corrected chi connectivity index (χ3v) is 4.86. The molecule has 0 bridgehead atoms. The van der Waals surface area contributed by atoms with Gasteiger partial charge in [-0.3, -0.25) is 4.79 Å². The number of nitrogens with zero attached hydrogens (tertiary/aromatic N) is 1. The Morgan fingerprint density at radius 1 is 0.900 bits per heavy atom. The molecule has 0 atom stereocenters. The summed E-state index contributed by atoms with van der Waals surface area (Å²) in [5.41, 5.74) is 2.94. The first-order chi connectivity index (χ1) is 14.6. The van der Waals surface area contributed by atoms with Gasteiger partial charge in [0.2, 0.25) is 0 Å². The van der Waals surface area contributed by atoms with Gasteiger partial charge in [-0.2, -0.15) is 0 Å². The number of rotatable bonds is 8. The molecule has 6 heteroatoms. The fraction of sp³-hybridized carbons (Fsp3) is 0.250. The van der Waals surface area contributed by atoms with Crippen molar-refractivity contribution in [2.75, 3.05) is 32.9 Å². The van der Waals surface area contributed by atoms with Crippen molar-refractivity contribution < 1.29 is 24.5 Å². The number of aliphatic hydroxyl groups excluding tert-OH is 2. The Labute approximate surface area is 175 Å². The van der Waals surface area contributed by atoms with E-state index in [1.165, 1.54) is 4.90 Å². The summed E-state index contributed by atoms with van der Waals surface area (Å²) >= 11 is 0. The maximum absolute atomic E-state index is 12.7. The second-order valence-corrected chi connectivity index (χ2v) is 6.78. The molecule has 0 spiro atoms. The lowest BCUT2D eigenvalue weighted by atomic mass is 9.96. The summed E-state index contributed by atoms with van der Waals surface area (Å²) in [6.07, 6.45) is 0. The topological polar surface area (TPSA) is 87.1 Å². The molecule has 0 saturated heterocycles. The predicted octanol–water partition coefficient (Wildman–Crippen LogP) is 3.11. The zero-order chi connectivity index (χ0) is 21.5. The van der Waals surface area contributed by atoms with E-state index in [-0.39, 0.29) is 38.2 Å². The van der Waals surface area contributed by atoms with Crippen molar-refractivity contribution in [1.29, 1.82) is 0 Å². The van der Waals surface area contributed by atoms with Crippen LogP contribution in [0.2, 0.25) is 0 Å². The fourth-order valence-corrected chi connectivity index (χ4v) is 3.41. The first-order valence-corrected chi connectivity index (χ1v) is 9.90. The predicted molar refractivity (Wildman–Crippen MR) is 115 cm³/mol. The molecule has 0 heterocycles. The number of fused-ring (bicyclic) bond motifs is 1. The largest absolute Gasteiger partial charge is 0.462 e. The van der Waals surface area contributed by atoms with Gasteiger partial charge in [0.25, 0.3) is 5.91 Å². The number of aliphatic hydroxyl groups is 2. The van der Waals surface area contributed by atoms with Crippen LogP contribution in [-0.4, -0.2) is 59.9 Å². The molecule has 0 aliphatic rings. The molecule has 1 amide bonds. The summed E-state index contributed by atoms with van der Waals surface area (Å²) < 4.78 is 5.03. The van der Waals surface area contributed by atoms with Crippen molar-refractivity contribution in [2.45, 2.75) is 6.92 Å². The molecule has 3 rings (SSSR count). The summed E-state index contributed by atoms with van der Waals surface area (Å²) in [6.45, 7) is 2.12. The van der Waals surface area contributed by atoms with Crippen LogP contribution in [0.25, 0.3) is 21.9 Å². The standard InChI is InChI=1S/C24H25NO5/c1-2-30-24(29)18-8-6-17(7-9-18)21-5-3-4-19-16-20(10-11-22(19)21)23(28)25(12-14-26)13-15-27/h3-11,16,26-27H,2,12-15H2,1H3. The van der Waals surface area contributed by atoms with Gasteiger partial charge in [0.15, 0.2) is 0 Å². The van der Waals surface area contributed by atoms with Crippen LogP contribution in [0.15, 0.2) is 60.7 Å². The normalized spacial score (nSPS) is 10.8.